The molecule has 0 radical (unpaired) electrons. The van der Waals surface area contributed by atoms with E-state index in [1.165, 1.54) is 26.4 Å². The van der Waals surface area contributed by atoms with Crippen LogP contribution in [0.1, 0.15) is 37.0 Å². The van der Waals surface area contributed by atoms with Crippen molar-refractivity contribution in [3.05, 3.63) is 17.7 Å². The Bertz CT molecular complexity index is 558. The van der Waals surface area contributed by atoms with E-state index in [1.54, 1.807) is 6.92 Å². The van der Waals surface area contributed by atoms with Crippen LogP contribution in [0.25, 0.3) is 0 Å². The number of carboxylic acid groups (broad SMARTS) is 1. The summed E-state index contributed by atoms with van der Waals surface area (Å²) < 4.78 is 15.7. The van der Waals surface area contributed by atoms with Crippen LogP contribution in [0, 0.1) is 0 Å². The number of anilines is 1. The van der Waals surface area contributed by atoms with Gasteiger partial charge in [-0.1, -0.05) is 13.3 Å². The summed E-state index contributed by atoms with van der Waals surface area (Å²) in [6.45, 7) is 4.15. The number of nitrogens with one attached hydrogen (secondary N) is 1. The van der Waals surface area contributed by atoms with Crippen LogP contribution in [-0.4, -0.2) is 43.9 Å². The summed E-state index contributed by atoms with van der Waals surface area (Å²) in [5.74, 6) is -1.04. The van der Waals surface area contributed by atoms with Crippen molar-refractivity contribution >= 4 is 17.6 Å². The van der Waals surface area contributed by atoms with E-state index < -0.39 is 12.1 Å². The fraction of sp³-hybridized carbons (Fsp3) is 0.500. The first-order chi connectivity index (χ1) is 10.9. The van der Waals surface area contributed by atoms with Gasteiger partial charge in [0.15, 0.2) is 11.5 Å². The lowest BCUT2D eigenvalue weighted by atomic mass is 10.1. The maximum atomic E-state index is 12.2. The van der Waals surface area contributed by atoms with Gasteiger partial charge in [-0.05, 0) is 25.5 Å². The summed E-state index contributed by atoms with van der Waals surface area (Å²) in [6.07, 6.45) is 1.18. The van der Waals surface area contributed by atoms with Gasteiger partial charge in [0, 0.05) is 6.61 Å². The van der Waals surface area contributed by atoms with Gasteiger partial charge in [-0.25, -0.2) is 4.79 Å². The van der Waals surface area contributed by atoms with Crippen molar-refractivity contribution < 1.29 is 28.9 Å². The Kier molecular flexibility index (Phi) is 7.34. The molecule has 1 unspecified atom stereocenters. The molecule has 0 aliphatic rings. The van der Waals surface area contributed by atoms with Crippen LogP contribution < -0.4 is 14.8 Å². The van der Waals surface area contributed by atoms with Crippen molar-refractivity contribution in [2.24, 2.45) is 0 Å². The number of methoxy groups -OCH3 is 2. The van der Waals surface area contributed by atoms with Gasteiger partial charge in [-0.2, -0.15) is 0 Å². The van der Waals surface area contributed by atoms with E-state index in [4.69, 9.17) is 19.3 Å². The number of ether oxygens (including phenoxy) is 3. The number of carboxylic acids is 1. The lowest BCUT2D eigenvalue weighted by Gasteiger charge is -2.17. The third-order valence-electron chi connectivity index (χ3n) is 3.22. The molecule has 1 atom stereocenters. The molecular weight excluding hydrogens is 302 g/mol. The van der Waals surface area contributed by atoms with E-state index in [-0.39, 0.29) is 28.7 Å². The Morgan fingerprint density at radius 3 is 2.48 bits per heavy atom. The van der Waals surface area contributed by atoms with Crippen LogP contribution in [0.3, 0.4) is 0 Å². The fourth-order valence-electron chi connectivity index (χ4n) is 1.90. The van der Waals surface area contributed by atoms with Gasteiger partial charge in [-0.3, -0.25) is 4.79 Å². The van der Waals surface area contributed by atoms with Crippen molar-refractivity contribution in [3.63, 3.8) is 0 Å². The third kappa shape index (κ3) is 5.14. The number of carbonyl (C=O) groups is 2. The molecular formula is C16H23NO6. The lowest BCUT2D eigenvalue weighted by Crippen LogP contribution is -2.28. The van der Waals surface area contributed by atoms with E-state index in [0.717, 1.165) is 12.8 Å². The predicted molar refractivity (Wildman–Crippen MR) is 85.5 cm³/mol. The highest BCUT2D eigenvalue weighted by molar-refractivity contribution is 5.98. The minimum absolute atomic E-state index is 0.0162. The monoisotopic (exact) mass is 325 g/mol. The molecule has 0 aliphatic carbocycles. The van der Waals surface area contributed by atoms with Crippen LogP contribution in [0.4, 0.5) is 5.69 Å². The van der Waals surface area contributed by atoms with Gasteiger partial charge in [0.1, 0.15) is 6.10 Å². The molecule has 7 nitrogen and oxygen atoms in total. The smallest absolute Gasteiger partial charge is 0.335 e. The van der Waals surface area contributed by atoms with Crippen LogP contribution in [0.2, 0.25) is 0 Å². The zero-order chi connectivity index (χ0) is 17.4. The van der Waals surface area contributed by atoms with Gasteiger partial charge in [0.2, 0.25) is 0 Å². The largest absolute Gasteiger partial charge is 0.493 e. The van der Waals surface area contributed by atoms with Crippen molar-refractivity contribution in [1.29, 1.82) is 0 Å². The van der Waals surface area contributed by atoms with Gasteiger partial charge in [0.25, 0.3) is 5.91 Å². The predicted octanol–water partition coefficient (Wildman–Crippen LogP) is 2.55. The molecule has 1 aromatic carbocycles. The number of unbranched alkanes of at least 4 members (excludes halogenated alkanes) is 1. The molecule has 0 heterocycles. The van der Waals surface area contributed by atoms with Crippen LogP contribution in [0.5, 0.6) is 11.5 Å². The first-order valence-corrected chi connectivity index (χ1v) is 7.36. The fourth-order valence-corrected chi connectivity index (χ4v) is 1.90. The minimum Gasteiger partial charge on any atom is -0.493 e. The second-order valence-electron chi connectivity index (χ2n) is 4.92. The zero-order valence-electron chi connectivity index (χ0n) is 13.8. The molecule has 0 bridgehead atoms. The highest BCUT2D eigenvalue weighted by atomic mass is 16.5. The molecule has 0 saturated carbocycles. The Balaban J connectivity index is 2.99. The van der Waals surface area contributed by atoms with E-state index in [0.29, 0.717) is 6.61 Å². The summed E-state index contributed by atoms with van der Waals surface area (Å²) in [5.41, 5.74) is 0.206. The van der Waals surface area contributed by atoms with Gasteiger partial charge >= 0.3 is 5.97 Å². The Labute approximate surface area is 135 Å². The van der Waals surface area contributed by atoms with Gasteiger partial charge < -0.3 is 24.6 Å². The summed E-state index contributed by atoms with van der Waals surface area (Å²) >= 11 is 0. The topological polar surface area (TPSA) is 94.1 Å². The van der Waals surface area contributed by atoms with Crippen LogP contribution >= 0.6 is 0 Å². The Hall–Kier alpha value is -2.28. The summed E-state index contributed by atoms with van der Waals surface area (Å²) in [5, 5.41) is 11.8. The SMILES string of the molecule is CCCCOC(C)C(=O)Nc1cc(C(=O)O)cc(OC)c1OC. The maximum Gasteiger partial charge on any atom is 0.335 e. The highest BCUT2D eigenvalue weighted by Crippen LogP contribution is 2.36. The molecule has 2 N–H and O–H groups in total. The van der Waals surface area contributed by atoms with Gasteiger partial charge in [-0.15, -0.1) is 0 Å². The van der Waals surface area contributed by atoms with E-state index in [1.807, 2.05) is 6.92 Å². The van der Waals surface area contributed by atoms with Crippen molar-refractivity contribution in [2.75, 3.05) is 26.1 Å². The minimum atomic E-state index is -1.13. The normalized spacial score (nSPS) is 11.7. The molecule has 128 valence electrons. The summed E-state index contributed by atoms with van der Waals surface area (Å²) in [6, 6.07) is 2.65. The van der Waals surface area contributed by atoms with Gasteiger partial charge in [0.05, 0.1) is 25.5 Å². The van der Waals surface area contributed by atoms with E-state index in [9.17, 15) is 9.59 Å². The lowest BCUT2D eigenvalue weighted by molar-refractivity contribution is -0.126. The highest BCUT2D eigenvalue weighted by Gasteiger charge is 2.20. The second kappa shape index (κ2) is 8.99. The molecule has 7 heteroatoms. The summed E-state index contributed by atoms with van der Waals surface area (Å²) in [7, 11) is 2.81. The molecule has 0 aromatic heterocycles. The number of hydrogen-bond acceptors (Lipinski definition) is 5. The summed E-state index contributed by atoms with van der Waals surface area (Å²) in [4.78, 5) is 23.4. The molecule has 0 aliphatic heterocycles. The quantitative estimate of drug-likeness (QED) is 0.678. The van der Waals surface area contributed by atoms with E-state index in [2.05, 4.69) is 5.32 Å². The van der Waals surface area contributed by atoms with Crippen LogP contribution in [-0.2, 0) is 9.53 Å². The number of rotatable bonds is 9. The number of benzene rings is 1. The van der Waals surface area contributed by atoms with E-state index >= 15 is 0 Å². The van der Waals surface area contributed by atoms with Crippen molar-refractivity contribution in [3.8, 4) is 11.5 Å². The molecule has 0 fully saturated rings. The Morgan fingerprint density at radius 2 is 1.96 bits per heavy atom. The molecule has 1 amide bonds. The average Bonchev–Trinajstić information content (AvgIpc) is 2.53. The zero-order valence-corrected chi connectivity index (χ0v) is 13.8. The number of amides is 1. The number of aromatic carboxylic acids is 1. The number of hydrogen-bond donors (Lipinski definition) is 2. The molecule has 1 aromatic rings. The molecule has 23 heavy (non-hydrogen) atoms. The van der Waals surface area contributed by atoms with Crippen molar-refractivity contribution in [1.82, 2.24) is 0 Å². The first-order valence-electron chi connectivity index (χ1n) is 7.36. The van der Waals surface area contributed by atoms with Crippen LogP contribution in [0.15, 0.2) is 12.1 Å². The molecule has 1 rings (SSSR count). The maximum absolute atomic E-state index is 12.2. The standard InChI is InChI=1S/C16H23NO6/c1-5-6-7-23-10(2)15(18)17-12-8-11(16(19)20)9-13(21-3)14(12)22-4/h8-10H,5-7H2,1-4H3,(H,17,18)(H,19,20). The molecule has 0 saturated heterocycles. The Morgan fingerprint density at radius 1 is 1.26 bits per heavy atom. The number of carbonyl (C=O) groups excluding carboxylic acids is 1. The first kappa shape index (κ1) is 18.8. The second-order valence-corrected chi connectivity index (χ2v) is 4.92. The molecule has 0 spiro atoms. The average molecular weight is 325 g/mol. The third-order valence-corrected chi connectivity index (χ3v) is 3.22. The van der Waals surface area contributed by atoms with Crippen molar-refractivity contribution in [2.45, 2.75) is 32.8 Å².